The van der Waals surface area contributed by atoms with Gasteiger partial charge < -0.3 is 15.7 Å². The molecule has 1 saturated heterocycles. The van der Waals surface area contributed by atoms with E-state index in [0.29, 0.717) is 19.5 Å². The first-order valence-electron chi connectivity index (χ1n) is 8.86. The van der Waals surface area contributed by atoms with Crippen LogP contribution < -0.4 is 10.6 Å². The highest BCUT2D eigenvalue weighted by Crippen LogP contribution is 2.40. The van der Waals surface area contributed by atoms with Crippen LogP contribution in [0.4, 0.5) is 0 Å². The second-order valence-corrected chi connectivity index (χ2v) is 7.22. The minimum atomic E-state index is -0.397. The van der Waals surface area contributed by atoms with Gasteiger partial charge in [0.1, 0.15) is 0 Å². The average Bonchev–Trinajstić information content (AvgIpc) is 3.00. The van der Waals surface area contributed by atoms with Gasteiger partial charge in [0, 0.05) is 18.5 Å². The van der Waals surface area contributed by atoms with Crippen LogP contribution in [0.3, 0.4) is 0 Å². The van der Waals surface area contributed by atoms with E-state index in [-0.39, 0.29) is 29.8 Å². The molecule has 1 saturated carbocycles. The number of halogens is 1. The number of rotatable bonds is 4. The van der Waals surface area contributed by atoms with Crippen LogP contribution in [0.25, 0.3) is 0 Å². The topological polar surface area (TPSA) is 61.4 Å². The molecule has 0 spiro atoms. The zero-order valence-electron chi connectivity index (χ0n) is 14.4. The van der Waals surface area contributed by atoms with Crippen molar-refractivity contribution in [2.24, 2.45) is 0 Å². The molecular weight excluding hydrogens is 324 g/mol. The summed E-state index contributed by atoms with van der Waals surface area (Å²) in [7, 11) is 0. The molecule has 1 amide bonds. The largest absolute Gasteiger partial charge is 0.392 e. The molecule has 1 aliphatic heterocycles. The first-order valence-corrected chi connectivity index (χ1v) is 8.86. The molecule has 4 nitrogen and oxygen atoms in total. The van der Waals surface area contributed by atoms with Gasteiger partial charge in [0.2, 0.25) is 5.91 Å². The Balaban J connectivity index is 0.00000208. The third-order valence-corrected chi connectivity index (χ3v) is 5.55. The molecule has 1 heterocycles. The summed E-state index contributed by atoms with van der Waals surface area (Å²) in [6.07, 6.45) is 6.14. The maximum Gasteiger partial charge on any atom is 0.237 e. The fourth-order valence-corrected chi connectivity index (χ4v) is 4.23. The van der Waals surface area contributed by atoms with Crippen molar-refractivity contribution in [1.29, 1.82) is 0 Å². The summed E-state index contributed by atoms with van der Waals surface area (Å²) in [5, 5.41) is 15.9. The maximum atomic E-state index is 12.4. The Hall–Kier alpha value is -1.10. The van der Waals surface area contributed by atoms with Gasteiger partial charge in [-0.3, -0.25) is 4.79 Å². The van der Waals surface area contributed by atoms with Crippen LogP contribution in [0, 0.1) is 6.92 Å². The van der Waals surface area contributed by atoms with Crippen LogP contribution in [0.2, 0.25) is 0 Å². The van der Waals surface area contributed by atoms with Gasteiger partial charge >= 0.3 is 0 Å². The predicted octanol–water partition coefficient (Wildman–Crippen LogP) is 2.46. The maximum absolute atomic E-state index is 12.4. The lowest BCUT2D eigenvalue weighted by atomic mass is 9.68. The Bertz CT molecular complexity index is 558. The van der Waals surface area contributed by atoms with Crippen molar-refractivity contribution in [1.82, 2.24) is 10.6 Å². The Morgan fingerprint density at radius 1 is 1.29 bits per heavy atom. The van der Waals surface area contributed by atoms with Crippen molar-refractivity contribution >= 4 is 18.3 Å². The molecule has 2 aliphatic rings. The molecule has 3 rings (SSSR count). The van der Waals surface area contributed by atoms with E-state index < -0.39 is 6.10 Å². The molecule has 24 heavy (non-hydrogen) atoms. The van der Waals surface area contributed by atoms with Crippen molar-refractivity contribution < 1.29 is 9.90 Å². The van der Waals surface area contributed by atoms with Crippen molar-refractivity contribution in [3.8, 4) is 0 Å². The molecule has 1 aliphatic carbocycles. The van der Waals surface area contributed by atoms with Crippen LogP contribution in [-0.2, 0) is 10.2 Å². The Morgan fingerprint density at radius 2 is 2.00 bits per heavy atom. The number of nitrogens with one attached hydrogen (secondary N) is 2. The van der Waals surface area contributed by atoms with E-state index in [1.165, 1.54) is 30.4 Å². The molecule has 5 heteroatoms. The first-order chi connectivity index (χ1) is 11.1. The van der Waals surface area contributed by atoms with Crippen molar-refractivity contribution in [3.63, 3.8) is 0 Å². The van der Waals surface area contributed by atoms with Gasteiger partial charge in [0.15, 0.2) is 0 Å². The Labute approximate surface area is 150 Å². The normalized spacial score (nSPS) is 25.8. The van der Waals surface area contributed by atoms with Gasteiger partial charge in [-0.25, -0.2) is 0 Å². The van der Waals surface area contributed by atoms with E-state index >= 15 is 0 Å². The number of carbonyl (C=O) groups excluding carboxylic acids is 1. The van der Waals surface area contributed by atoms with E-state index in [0.717, 1.165) is 12.8 Å². The quantitative estimate of drug-likeness (QED) is 0.780. The third-order valence-electron chi connectivity index (χ3n) is 5.55. The first kappa shape index (κ1) is 19.2. The van der Waals surface area contributed by atoms with E-state index in [1.807, 2.05) is 0 Å². The molecule has 0 aromatic heterocycles. The average molecular weight is 353 g/mol. The lowest BCUT2D eigenvalue weighted by Gasteiger charge is -2.39. The Kier molecular flexibility index (Phi) is 6.67. The summed E-state index contributed by atoms with van der Waals surface area (Å²) < 4.78 is 0. The fourth-order valence-electron chi connectivity index (χ4n) is 4.23. The molecule has 134 valence electrons. The summed E-state index contributed by atoms with van der Waals surface area (Å²) in [6, 6.07) is 8.34. The zero-order valence-corrected chi connectivity index (χ0v) is 15.2. The number of aliphatic hydroxyl groups excluding tert-OH is 1. The number of benzene rings is 1. The molecule has 0 radical (unpaired) electrons. The summed E-state index contributed by atoms with van der Waals surface area (Å²) in [6.45, 7) is 3.38. The van der Waals surface area contributed by atoms with Gasteiger partial charge in [-0.05, 0) is 37.3 Å². The molecule has 1 aromatic carbocycles. The lowest BCUT2D eigenvalue weighted by Crippen LogP contribution is -2.47. The van der Waals surface area contributed by atoms with Gasteiger partial charge in [-0.1, -0.05) is 43.5 Å². The highest BCUT2D eigenvalue weighted by molar-refractivity contribution is 5.85. The smallest absolute Gasteiger partial charge is 0.237 e. The second-order valence-electron chi connectivity index (χ2n) is 7.22. The monoisotopic (exact) mass is 352 g/mol. The zero-order chi connectivity index (χ0) is 16.3. The minimum Gasteiger partial charge on any atom is -0.392 e. The Morgan fingerprint density at radius 3 is 2.62 bits per heavy atom. The second kappa shape index (κ2) is 8.32. The highest BCUT2D eigenvalue weighted by atomic mass is 35.5. The van der Waals surface area contributed by atoms with E-state index in [9.17, 15) is 9.90 Å². The van der Waals surface area contributed by atoms with Crippen molar-refractivity contribution in [2.45, 2.75) is 63.0 Å². The van der Waals surface area contributed by atoms with Crippen LogP contribution in [-0.4, -0.2) is 36.2 Å². The van der Waals surface area contributed by atoms with Gasteiger partial charge in [-0.15, -0.1) is 12.4 Å². The number of aliphatic hydroxyl groups is 1. The summed E-state index contributed by atoms with van der Waals surface area (Å²) in [4.78, 5) is 12.4. The minimum absolute atomic E-state index is 0. The summed E-state index contributed by atoms with van der Waals surface area (Å²) in [5.41, 5.74) is 2.77. The molecule has 2 fully saturated rings. The van der Waals surface area contributed by atoms with Crippen LogP contribution >= 0.6 is 12.4 Å². The van der Waals surface area contributed by atoms with Crippen molar-refractivity contribution in [2.75, 3.05) is 13.1 Å². The van der Waals surface area contributed by atoms with Crippen LogP contribution in [0.1, 0.15) is 49.7 Å². The number of hydrogen-bond donors (Lipinski definition) is 3. The lowest BCUT2D eigenvalue weighted by molar-refractivity contribution is -0.123. The molecule has 2 atom stereocenters. The van der Waals surface area contributed by atoms with E-state index in [1.54, 1.807) is 0 Å². The standard InChI is InChI=1S/C19H28N2O2.ClH/c1-14-7-3-4-8-16(14)19(9-5-2-6-10-19)13-21-18(23)17-11-15(22)12-20-17;/h3-4,7-8,15,17,20,22H,2,5-6,9-13H2,1H3,(H,21,23);1H. The highest BCUT2D eigenvalue weighted by Gasteiger charge is 2.36. The van der Waals surface area contributed by atoms with Crippen LogP contribution in [0.15, 0.2) is 24.3 Å². The molecule has 1 aromatic rings. The summed E-state index contributed by atoms with van der Waals surface area (Å²) in [5.74, 6) is 0.0279. The fraction of sp³-hybridized carbons (Fsp3) is 0.632. The number of hydrogen-bond acceptors (Lipinski definition) is 3. The molecular formula is C19H29ClN2O2. The number of carbonyl (C=O) groups is 1. The molecule has 0 bridgehead atoms. The summed E-state index contributed by atoms with van der Waals surface area (Å²) >= 11 is 0. The van der Waals surface area contributed by atoms with E-state index in [4.69, 9.17) is 0 Å². The number of β-amino-alcohol motifs (C(OH)–C–C–N with tert-alkyl or cyclic N) is 1. The van der Waals surface area contributed by atoms with Gasteiger partial charge in [0.05, 0.1) is 12.1 Å². The molecule has 2 unspecified atom stereocenters. The van der Waals surface area contributed by atoms with Crippen molar-refractivity contribution in [3.05, 3.63) is 35.4 Å². The van der Waals surface area contributed by atoms with Gasteiger partial charge in [-0.2, -0.15) is 0 Å². The molecule has 3 N–H and O–H groups in total. The third kappa shape index (κ3) is 4.11. The number of aryl methyl sites for hydroxylation is 1. The van der Waals surface area contributed by atoms with E-state index in [2.05, 4.69) is 41.8 Å². The SMILES string of the molecule is Cc1ccccc1C1(CNC(=O)C2CC(O)CN2)CCCCC1.Cl. The predicted molar refractivity (Wildman–Crippen MR) is 98.6 cm³/mol. The number of amides is 1. The van der Waals surface area contributed by atoms with Gasteiger partial charge in [0.25, 0.3) is 0 Å². The van der Waals surface area contributed by atoms with Crippen LogP contribution in [0.5, 0.6) is 0 Å².